The van der Waals surface area contributed by atoms with Crippen LogP contribution in [0.5, 0.6) is 0 Å². The van der Waals surface area contributed by atoms with Crippen molar-refractivity contribution in [2.75, 3.05) is 6.54 Å². The standard InChI is InChI=1S/C9H20N2/c1-2-3-4-5-6-9-7-8-10-11-9/h9-11H,2-8H2,1H3. The van der Waals surface area contributed by atoms with E-state index in [-0.39, 0.29) is 0 Å². The predicted molar refractivity (Wildman–Crippen MR) is 48.3 cm³/mol. The number of hydrazine groups is 1. The minimum absolute atomic E-state index is 0.756. The van der Waals surface area contributed by atoms with Gasteiger partial charge in [0, 0.05) is 12.6 Å². The second-order valence-electron chi connectivity index (χ2n) is 3.41. The molecule has 1 aliphatic rings. The van der Waals surface area contributed by atoms with Gasteiger partial charge in [0.1, 0.15) is 0 Å². The fourth-order valence-electron chi connectivity index (χ4n) is 1.57. The Hall–Kier alpha value is -0.0800. The van der Waals surface area contributed by atoms with Crippen LogP contribution in [0.4, 0.5) is 0 Å². The third kappa shape index (κ3) is 3.73. The van der Waals surface area contributed by atoms with Crippen molar-refractivity contribution in [2.45, 2.75) is 51.5 Å². The smallest absolute Gasteiger partial charge is 0.0225 e. The van der Waals surface area contributed by atoms with Crippen LogP contribution in [0.3, 0.4) is 0 Å². The molecule has 1 aliphatic heterocycles. The van der Waals surface area contributed by atoms with Gasteiger partial charge in [0.25, 0.3) is 0 Å². The van der Waals surface area contributed by atoms with Gasteiger partial charge in [-0.2, -0.15) is 0 Å². The molecule has 1 rings (SSSR count). The Morgan fingerprint density at radius 2 is 2.18 bits per heavy atom. The second-order valence-corrected chi connectivity index (χ2v) is 3.41. The molecule has 2 nitrogen and oxygen atoms in total. The molecule has 2 heteroatoms. The molecule has 11 heavy (non-hydrogen) atoms. The third-order valence-corrected chi connectivity index (χ3v) is 2.33. The van der Waals surface area contributed by atoms with E-state index in [4.69, 9.17) is 0 Å². The summed E-state index contributed by atoms with van der Waals surface area (Å²) in [6.45, 7) is 3.41. The van der Waals surface area contributed by atoms with Gasteiger partial charge in [-0.3, -0.25) is 10.9 Å². The molecule has 1 saturated heterocycles. The third-order valence-electron chi connectivity index (χ3n) is 2.33. The lowest BCUT2D eigenvalue weighted by molar-refractivity contribution is 0.488. The SMILES string of the molecule is CCCCCCC1CCNN1. The van der Waals surface area contributed by atoms with E-state index in [1.54, 1.807) is 0 Å². The molecule has 0 amide bonds. The summed E-state index contributed by atoms with van der Waals surface area (Å²) >= 11 is 0. The van der Waals surface area contributed by atoms with Crippen molar-refractivity contribution < 1.29 is 0 Å². The summed E-state index contributed by atoms with van der Waals surface area (Å²) in [7, 11) is 0. The lowest BCUT2D eigenvalue weighted by atomic mass is 10.1. The zero-order chi connectivity index (χ0) is 7.94. The molecule has 0 bridgehead atoms. The molecular weight excluding hydrogens is 136 g/mol. The molecule has 2 N–H and O–H groups in total. The summed E-state index contributed by atoms with van der Waals surface area (Å²) in [5, 5.41) is 0. The van der Waals surface area contributed by atoms with Crippen LogP contribution >= 0.6 is 0 Å². The maximum atomic E-state index is 3.28. The molecule has 0 radical (unpaired) electrons. The summed E-state index contributed by atoms with van der Waals surface area (Å²) in [6.07, 6.45) is 8.22. The molecular formula is C9H20N2. The van der Waals surface area contributed by atoms with Gasteiger partial charge in [-0.1, -0.05) is 32.6 Å². The van der Waals surface area contributed by atoms with Crippen LogP contribution in [0.2, 0.25) is 0 Å². The summed E-state index contributed by atoms with van der Waals surface area (Å²) in [5.74, 6) is 0. The number of hydrogen-bond donors (Lipinski definition) is 2. The Labute approximate surface area is 69.7 Å². The first-order chi connectivity index (χ1) is 5.43. The zero-order valence-electron chi connectivity index (χ0n) is 7.53. The van der Waals surface area contributed by atoms with E-state index in [2.05, 4.69) is 17.8 Å². The van der Waals surface area contributed by atoms with E-state index in [0.717, 1.165) is 12.6 Å². The topological polar surface area (TPSA) is 24.1 Å². The van der Waals surface area contributed by atoms with Crippen LogP contribution < -0.4 is 10.9 Å². The molecule has 1 atom stereocenters. The van der Waals surface area contributed by atoms with Gasteiger partial charge in [-0.25, -0.2) is 0 Å². The van der Waals surface area contributed by atoms with Gasteiger partial charge < -0.3 is 0 Å². The minimum atomic E-state index is 0.756. The predicted octanol–water partition coefficient (Wildman–Crippen LogP) is 1.82. The Balaban J connectivity index is 1.86. The van der Waals surface area contributed by atoms with Crippen molar-refractivity contribution in [3.8, 4) is 0 Å². The first kappa shape index (κ1) is 9.01. The van der Waals surface area contributed by atoms with Crippen LogP contribution in [0, 0.1) is 0 Å². The van der Waals surface area contributed by atoms with E-state index in [9.17, 15) is 0 Å². The van der Waals surface area contributed by atoms with Crippen molar-refractivity contribution in [1.29, 1.82) is 0 Å². The van der Waals surface area contributed by atoms with E-state index >= 15 is 0 Å². The highest BCUT2D eigenvalue weighted by molar-refractivity contribution is 4.70. The molecule has 0 aromatic heterocycles. The van der Waals surface area contributed by atoms with Crippen LogP contribution in [0.1, 0.15) is 45.4 Å². The normalized spacial score (nSPS) is 24.3. The fraction of sp³-hybridized carbons (Fsp3) is 1.00. The molecule has 0 spiro atoms. The Morgan fingerprint density at radius 1 is 1.27 bits per heavy atom. The molecule has 66 valence electrons. The summed E-state index contributed by atoms with van der Waals surface area (Å²) in [4.78, 5) is 0. The molecule has 1 unspecified atom stereocenters. The Kier molecular flexibility index (Phi) is 4.55. The molecule has 0 aliphatic carbocycles. The Bertz CT molecular complexity index is 87.6. The summed E-state index contributed by atoms with van der Waals surface area (Å²) < 4.78 is 0. The maximum absolute atomic E-state index is 3.28. The average molecular weight is 156 g/mol. The quantitative estimate of drug-likeness (QED) is 0.593. The zero-order valence-corrected chi connectivity index (χ0v) is 7.53. The van der Waals surface area contributed by atoms with Crippen LogP contribution in [-0.2, 0) is 0 Å². The fourth-order valence-corrected chi connectivity index (χ4v) is 1.57. The van der Waals surface area contributed by atoms with Crippen LogP contribution in [0.15, 0.2) is 0 Å². The van der Waals surface area contributed by atoms with Gasteiger partial charge in [0.05, 0.1) is 0 Å². The maximum Gasteiger partial charge on any atom is 0.0225 e. The van der Waals surface area contributed by atoms with E-state index < -0.39 is 0 Å². The number of rotatable bonds is 5. The first-order valence-corrected chi connectivity index (χ1v) is 4.92. The molecule has 1 heterocycles. The Morgan fingerprint density at radius 3 is 2.82 bits per heavy atom. The molecule has 0 aromatic carbocycles. The van der Waals surface area contributed by atoms with E-state index in [1.807, 2.05) is 0 Å². The van der Waals surface area contributed by atoms with Crippen molar-refractivity contribution in [2.24, 2.45) is 0 Å². The van der Waals surface area contributed by atoms with E-state index in [0.29, 0.717) is 0 Å². The van der Waals surface area contributed by atoms with Gasteiger partial charge in [0.2, 0.25) is 0 Å². The summed E-state index contributed by atoms with van der Waals surface area (Å²) in [5.41, 5.74) is 6.45. The largest absolute Gasteiger partial charge is 0.258 e. The van der Waals surface area contributed by atoms with Crippen molar-refractivity contribution in [1.82, 2.24) is 10.9 Å². The van der Waals surface area contributed by atoms with Crippen LogP contribution in [0.25, 0.3) is 0 Å². The number of hydrogen-bond acceptors (Lipinski definition) is 2. The monoisotopic (exact) mass is 156 g/mol. The van der Waals surface area contributed by atoms with Crippen molar-refractivity contribution in [3.63, 3.8) is 0 Å². The highest BCUT2D eigenvalue weighted by atomic mass is 15.4. The molecule has 1 fully saturated rings. The van der Waals surface area contributed by atoms with Gasteiger partial charge >= 0.3 is 0 Å². The van der Waals surface area contributed by atoms with Gasteiger partial charge in [-0.05, 0) is 12.8 Å². The highest BCUT2D eigenvalue weighted by Gasteiger charge is 2.11. The molecule has 0 saturated carbocycles. The van der Waals surface area contributed by atoms with Gasteiger partial charge in [-0.15, -0.1) is 0 Å². The lowest BCUT2D eigenvalue weighted by Gasteiger charge is -2.07. The average Bonchev–Trinajstić information content (AvgIpc) is 2.50. The number of unbranched alkanes of at least 4 members (excludes halogenated alkanes) is 3. The summed E-state index contributed by atoms with van der Waals surface area (Å²) in [6, 6.07) is 0.756. The minimum Gasteiger partial charge on any atom is -0.258 e. The van der Waals surface area contributed by atoms with E-state index in [1.165, 1.54) is 38.5 Å². The van der Waals surface area contributed by atoms with Gasteiger partial charge in [0.15, 0.2) is 0 Å². The number of nitrogens with one attached hydrogen (secondary N) is 2. The second kappa shape index (κ2) is 5.56. The highest BCUT2D eigenvalue weighted by Crippen LogP contribution is 2.08. The van der Waals surface area contributed by atoms with Crippen LogP contribution in [-0.4, -0.2) is 12.6 Å². The first-order valence-electron chi connectivity index (χ1n) is 4.92. The molecule has 0 aromatic rings. The van der Waals surface area contributed by atoms with Crippen molar-refractivity contribution in [3.05, 3.63) is 0 Å². The van der Waals surface area contributed by atoms with Crippen molar-refractivity contribution >= 4 is 0 Å². The lowest BCUT2D eigenvalue weighted by Crippen LogP contribution is -2.29.